The molecule has 29 heteroatoms. The first-order chi connectivity index (χ1) is 68.3. The molecule has 3 saturated heterocycles. The summed E-state index contributed by atoms with van der Waals surface area (Å²) in [4.78, 5) is 28.2. The maximum absolute atomic E-state index is 14.0. The third kappa shape index (κ3) is 36.0. The zero-order valence-electron chi connectivity index (χ0n) is 95.5. The van der Waals surface area contributed by atoms with Gasteiger partial charge < -0.3 is 88.8 Å². The maximum Gasteiger partial charge on any atom is 0.342 e. The number of thioether (sulfide) groups is 1. The minimum absolute atomic E-state index is 0.00403. The summed E-state index contributed by atoms with van der Waals surface area (Å²) in [6.07, 6.45) is 15.4. The van der Waals surface area contributed by atoms with E-state index in [2.05, 4.69) is 351 Å². The van der Waals surface area contributed by atoms with Gasteiger partial charge in [-0.2, -0.15) is 0 Å². The summed E-state index contributed by atoms with van der Waals surface area (Å²) in [5, 5.41) is 4.87. The van der Waals surface area contributed by atoms with Gasteiger partial charge in [0.2, 0.25) is 0 Å². The number of ether oxygens (including phenoxy) is 15. The van der Waals surface area contributed by atoms with Gasteiger partial charge in [0, 0.05) is 87.5 Å². The van der Waals surface area contributed by atoms with E-state index in [1.165, 1.54) is 47.8 Å². The Morgan fingerprint density at radius 1 is 0.466 bits per heavy atom. The van der Waals surface area contributed by atoms with Gasteiger partial charge in [0.1, 0.15) is 34.8 Å². The van der Waals surface area contributed by atoms with Gasteiger partial charge in [0.15, 0.2) is 64.8 Å². The van der Waals surface area contributed by atoms with Crippen molar-refractivity contribution >= 4 is 123 Å². The van der Waals surface area contributed by atoms with Crippen LogP contribution in [0.5, 0.6) is 34.5 Å². The molecule has 0 aliphatic carbocycles. The lowest BCUT2D eigenvalue weighted by Crippen LogP contribution is -2.67. The molecule has 0 aromatic heterocycles. The predicted molar refractivity (Wildman–Crippen MR) is 624 cm³/mol. The number of esters is 2. The van der Waals surface area contributed by atoms with E-state index in [1.54, 1.807) is 52.3 Å². The summed E-state index contributed by atoms with van der Waals surface area (Å²) in [5.41, 5.74) is 1.70. The van der Waals surface area contributed by atoms with E-state index in [1.807, 2.05) is 70.2 Å². The van der Waals surface area contributed by atoms with Crippen LogP contribution in [-0.2, 0) is 66.1 Å². The number of rotatable bonds is 46. The first-order valence-corrected chi connectivity index (χ1v) is 71.5. The van der Waals surface area contributed by atoms with E-state index in [9.17, 15) is 9.59 Å². The monoisotopic (exact) mass is 2250 g/mol. The van der Waals surface area contributed by atoms with E-state index >= 15 is 0 Å². The van der Waals surface area contributed by atoms with Crippen molar-refractivity contribution in [2.45, 2.75) is 346 Å². The van der Waals surface area contributed by atoms with Crippen LogP contribution in [-0.4, -0.2) is 208 Å². The fourth-order valence-corrected chi connectivity index (χ4v) is 32.4. The third-order valence-electron chi connectivity index (χ3n) is 27.8. The molecule has 0 spiro atoms. The first kappa shape index (κ1) is 126. The predicted octanol–water partition coefficient (Wildman–Crippen LogP) is 27.2. The second kappa shape index (κ2) is 56.3. The van der Waals surface area contributed by atoms with Gasteiger partial charge in [-0.25, -0.2) is 9.59 Å². The summed E-state index contributed by atoms with van der Waals surface area (Å²) in [5.74, 6) is 0.544. The number of methoxy groups -OCH3 is 6. The zero-order chi connectivity index (χ0) is 109. The van der Waals surface area contributed by atoms with Crippen LogP contribution >= 0.6 is 34.4 Å². The minimum atomic E-state index is -2.81. The molecule has 0 saturated carbocycles. The van der Waals surface area contributed by atoms with Gasteiger partial charge in [0.05, 0.1) is 72.2 Å². The Bertz CT molecular complexity index is 5100. The molecule has 3 fully saturated rings. The van der Waals surface area contributed by atoms with Crippen molar-refractivity contribution in [2.75, 3.05) is 80.5 Å². The fourth-order valence-electron chi connectivity index (χ4n) is 17.3. The van der Waals surface area contributed by atoms with Crippen LogP contribution < -0.4 is 49.2 Å². The highest BCUT2D eigenvalue weighted by Crippen LogP contribution is 2.49. The SMILES string of the molecule is CC1CCCO1.COCOc1cc(OC)c(OC)c(/C=C/C[C@@H]2OC(C)(C)O[C@@H]2C(/C=C\[C@@H](C)[C@H](C)O[Si](c2ccccc2)(c2ccccc2)C(C)(C)C)O[Si](C)(C)C(C)(C)C)c1C(=O)OCC[Si](C)(C)C.COCOc1cc(OC)c(OC)c(CSc2ccccc2)c1C(=O)OCC[Si](C)(C)C.C[C@H](/C=C\C(O[Si](C)(C)C(C)(C)C)[C@H]1OC(C)(C)O[C@H]1CCI)[C@H](C)O[Si](c1ccccc1)(c1ccccc1)C(C)(C)C. The van der Waals surface area contributed by atoms with Gasteiger partial charge in [0.25, 0.3) is 16.6 Å². The number of carbonyl (C=O) groups excluding carboxylic acids is 2. The van der Waals surface area contributed by atoms with Crippen molar-refractivity contribution in [1.29, 1.82) is 0 Å². The second-order valence-electron chi connectivity index (χ2n) is 46.8. The number of halogens is 1. The molecular weight excluding hydrogens is 2070 g/mol. The maximum atomic E-state index is 14.0. The van der Waals surface area contributed by atoms with Crippen molar-refractivity contribution in [3.8, 4) is 34.5 Å². The quantitative estimate of drug-likeness (QED) is 0.00660. The lowest BCUT2D eigenvalue weighted by Gasteiger charge is -2.45. The first-order valence-electron chi connectivity index (χ1n) is 51.9. The number of alkyl halides is 1. The topological polar surface area (TPSA) is 210 Å². The Balaban J connectivity index is 0.000000308. The molecule has 3 aliphatic heterocycles. The van der Waals surface area contributed by atoms with Crippen molar-refractivity contribution in [1.82, 2.24) is 0 Å². The normalized spacial score (nSPS) is 18.7. The second-order valence-corrected chi connectivity index (χ2v) is 78.2. The van der Waals surface area contributed by atoms with Crippen LogP contribution in [0.15, 0.2) is 199 Å². The largest absolute Gasteiger partial charge is 0.493 e. The molecule has 3 heterocycles. The lowest BCUT2D eigenvalue weighted by atomic mass is 9.99. The summed E-state index contributed by atoms with van der Waals surface area (Å²) < 4.78 is 118. The lowest BCUT2D eigenvalue weighted by molar-refractivity contribution is -0.152. The minimum Gasteiger partial charge on any atom is -0.493 e. The van der Waals surface area contributed by atoms with E-state index < -0.39 is 91.2 Å². The smallest absolute Gasteiger partial charge is 0.342 e. The number of hydrogen-bond acceptors (Lipinski definition) is 22. The Hall–Kier alpha value is -6.56. The summed E-state index contributed by atoms with van der Waals surface area (Å²) >= 11 is 4.02. The number of hydrogen-bond donors (Lipinski definition) is 0. The fraction of sp³-hybridized carbons (Fsp3) is 0.573. The molecule has 0 amide bonds. The highest BCUT2D eigenvalue weighted by molar-refractivity contribution is 14.1. The van der Waals surface area contributed by atoms with Crippen LogP contribution in [0, 0.1) is 11.8 Å². The average Bonchev–Trinajstić information content (AvgIpc) is 0.934. The van der Waals surface area contributed by atoms with Crippen LogP contribution in [0.3, 0.4) is 0 Å². The number of benzene rings is 7. The molecule has 21 nitrogen and oxygen atoms in total. The molecule has 3 aliphatic rings. The molecule has 7 aromatic rings. The molecule has 10 rings (SSSR count). The van der Waals surface area contributed by atoms with E-state index in [0.717, 1.165) is 34.4 Å². The van der Waals surface area contributed by atoms with Gasteiger partial charge in [-0.05, 0) is 177 Å². The molecule has 812 valence electrons. The zero-order valence-corrected chi connectivity index (χ0v) is 104. The molecular formula is C117H181IO21SSi6. The van der Waals surface area contributed by atoms with E-state index in [0.29, 0.717) is 76.9 Å². The summed E-state index contributed by atoms with van der Waals surface area (Å²) in [7, 11) is -3.50. The van der Waals surface area contributed by atoms with Crippen molar-refractivity contribution < 1.29 is 98.3 Å². The average molecular weight is 2250 g/mol. The van der Waals surface area contributed by atoms with Crippen molar-refractivity contribution in [3.05, 3.63) is 216 Å². The van der Waals surface area contributed by atoms with Crippen LogP contribution in [0.25, 0.3) is 6.08 Å². The molecule has 0 bridgehead atoms. The molecule has 11 atom stereocenters. The Kier molecular flexibility index (Phi) is 48.8. The van der Waals surface area contributed by atoms with E-state index in [4.69, 9.17) is 88.8 Å². The Labute approximate surface area is 903 Å². The number of carbonyl (C=O) groups is 2. The third-order valence-corrected chi connectivity index (χ3v) is 52.1. The summed E-state index contributed by atoms with van der Waals surface area (Å²) in [6.45, 7) is 70.7. The van der Waals surface area contributed by atoms with Crippen LogP contribution in [0.4, 0.5) is 0 Å². The van der Waals surface area contributed by atoms with Crippen molar-refractivity contribution in [2.24, 2.45) is 11.8 Å². The molecule has 3 unspecified atom stereocenters. The highest BCUT2D eigenvalue weighted by Gasteiger charge is 2.55. The standard InChI is InChI=1S/C53H82O10Si3.C36H57IO4Si2.C23H32O6SSi.C5H10O/c1-38(39(2)62-66(52(6,7)8,40-26-21-19-22-27-40)41-28-23-20-24-29-41)32-33-44(63-65(17,18)51(3,4)5)49-43(60-53(9,10)61-49)31-25-30-42-47(50(54)58-34-35-64(14,15)16)45(59-37-55-11)36-46(56-12)48(42)57-13;1-27(23-24-32(41-42(11,12)34(3,4)5)33-31(25-26-37)38-36(9,10)39-33)28(2)40-43(35(6,7)8,29-19-15-13-16-20-29)30-21-17-14-18-22-30;1-25-16-29-19-14-20(26-2)22(27-3)18(15-30-17-10-8-7-9-11-17)21(19)23(24)28-12-13-31(4,5)6;1-5-3-2-4-6-5/h19-30,32-33,36,38-39,43-44,49H,31,34-35,37H2,1-18H3;13-24,27-28,31-33H,25-26H2,1-12H3;7-11,14H,12-13,15-16H2,1-6H3;5H,2-4H2,1H3/b30-25+,33-32-;24-23-;;/t38-,39+,43+,44?,49+;27-,28+,31+,32?,33+;;/m11../s1. The van der Waals surface area contributed by atoms with Crippen LogP contribution in [0.1, 0.15) is 203 Å². The Morgan fingerprint density at radius 2 is 0.836 bits per heavy atom. The molecule has 146 heavy (non-hydrogen) atoms. The van der Waals surface area contributed by atoms with Gasteiger partial charge in [-0.3, -0.25) is 0 Å². The molecule has 7 aromatic carbocycles. The molecule has 0 N–H and O–H groups in total. The Morgan fingerprint density at radius 3 is 1.17 bits per heavy atom. The van der Waals surface area contributed by atoms with Crippen molar-refractivity contribution in [3.63, 3.8) is 0 Å². The van der Waals surface area contributed by atoms with Gasteiger partial charge in [-0.15, -0.1) is 11.8 Å². The summed E-state index contributed by atoms with van der Waals surface area (Å²) in [6, 6.07) is 58.3. The van der Waals surface area contributed by atoms with Gasteiger partial charge >= 0.3 is 11.9 Å². The molecule has 0 radical (unpaired) electrons. The van der Waals surface area contributed by atoms with Gasteiger partial charge in [-0.1, -0.05) is 335 Å². The van der Waals surface area contributed by atoms with E-state index in [-0.39, 0.29) is 87.4 Å². The highest BCUT2D eigenvalue weighted by atomic mass is 127. The van der Waals surface area contributed by atoms with Crippen LogP contribution in [0.2, 0.25) is 97.7 Å².